The van der Waals surface area contributed by atoms with Crippen molar-refractivity contribution in [3.63, 3.8) is 0 Å². The van der Waals surface area contributed by atoms with Crippen LogP contribution in [0.2, 0.25) is 10.0 Å². The highest BCUT2D eigenvalue weighted by molar-refractivity contribution is 7.92. The van der Waals surface area contributed by atoms with Crippen LogP contribution in [0.25, 0.3) is 0 Å². The summed E-state index contributed by atoms with van der Waals surface area (Å²) in [5, 5.41) is -0.828. The Balaban J connectivity index is 1.51. The molecule has 2 unspecified atom stereocenters. The van der Waals surface area contributed by atoms with E-state index in [9.17, 15) is 21.6 Å². The second-order valence-electron chi connectivity index (χ2n) is 12.4. The molecule has 45 heavy (non-hydrogen) atoms. The molecule has 2 aliphatic carbocycles. The van der Waals surface area contributed by atoms with Gasteiger partial charge in [0.1, 0.15) is 5.78 Å². The molecule has 6 rings (SSSR count). The molecule has 0 heterocycles. The molecule has 0 aromatic heterocycles. The van der Waals surface area contributed by atoms with E-state index in [1.165, 1.54) is 0 Å². The van der Waals surface area contributed by atoms with E-state index in [2.05, 4.69) is 0 Å². The van der Waals surface area contributed by atoms with E-state index >= 15 is 0 Å². The van der Waals surface area contributed by atoms with Gasteiger partial charge in [0.05, 0.1) is 20.3 Å². The average molecular weight is 682 g/mol. The smallest absolute Gasteiger partial charge is 0.182 e. The minimum Gasteiger partial charge on any atom is -0.299 e. The first-order valence-corrected chi connectivity index (χ1v) is 18.9. The molecule has 0 spiro atoms. The maximum absolute atomic E-state index is 14.7. The van der Waals surface area contributed by atoms with Crippen molar-refractivity contribution < 1.29 is 21.6 Å². The van der Waals surface area contributed by atoms with Gasteiger partial charge in [0, 0.05) is 34.2 Å². The number of Topliss-reactive ketones (excluding diaryl/α,β-unsaturated/α-hetero) is 1. The Morgan fingerprint density at radius 2 is 1.00 bits per heavy atom. The van der Waals surface area contributed by atoms with Crippen LogP contribution in [0.5, 0.6) is 0 Å². The van der Waals surface area contributed by atoms with Gasteiger partial charge < -0.3 is 0 Å². The lowest BCUT2D eigenvalue weighted by Gasteiger charge is -2.48. The Morgan fingerprint density at radius 3 is 1.49 bits per heavy atom. The third-order valence-corrected chi connectivity index (χ3v) is 14.8. The first-order chi connectivity index (χ1) is 21.4. The lowest BCUT2D eigenvalue weighted by Crippen LogP contribution is -2.53. The quantitative estimate of drug-likeness (QED) is 0.205. The van der Waals surface area contributed by atoms with E-state index < -0.39 is 53.8 Å². The molecule has 0 amide bonds. The van der Waals surface area contributed by atoms with Crippen LogP contribution in [0.4, 0.5) is 0 Å². The van der Waals surface area contributed by atoms with Crippen molar-refractivity contribution in [1.29, 1.82) is 0 Å². The third-order valence-electron chi connectivity index (χ3n) is 9.68. The summed E-state index contributed by atoms with van der Waals surface area (Å²) in [6, 6.07) is 27.6. The Kier molecular flexibility index (Phi) is 8.76. The fourth-order valence-corrected chi connectivity index (χ4v) is 11.9. The monoisotopic (exact) mass is 680 g/mol. The van der Waals surface area contributed by atoms with Crippen molar-refractivity contribution in [2.75, 3.05) is 0 Å². The summed E-state index contributed by atoms with van der Waals surface area (Å²) in [7, 11) is -7.85. The minimum atomic E-state index is -3.96. The summed E-state index contributed by atoms with van der Waals surface area (Å²) in [6.45, 7) is 3.79. The molecule has 0 bridgehead atoms. The number of hydrogen-bond acceptors (Lipinski definition) is 5. The first kappa shape index (κ1) is 32.0. The largest absolute Gasteiger partial charge is 0.299 e. The van der Waals surface area contributed by atoms with Gasteiger partial charge in [-0.25, -0.2) is 16.8 Å². The van der Waals surface area contributed by atoms with Gasteiger partial charge in [0.2, 0.25) is 0 Å². The summed E-state index contributed by atoms with van der Waals surface area (Å²) in [5.41, 5.74) is 3.35. The fraction of sp³-hybridized carbons (Fsp3) is 0.306. The van der Waals surface area contributed by atoms with Crippen LogP contribution in [0, 0.1) is 25.7 Å². The summed E-state index contributed by atoms with van der Waals surface area (Å²) < 4.78 is 57.9. The highest BCUT2D eigenvalue weighted by atomic mass is 35.5. The number of rotatable bonds is 6. The van der Waals surface area contributed by atoms with Crippen LogP contribution in [0.3, 0.4) is 0 Å². The summed E-state index contributed by atoms with van der Waals surface area (Å²) in [6.07, 6.45) is 0.259. The standard InChI is InChI=1S/C36H34Cl2O5S2/c1-22-3-15-28(16-4-22)44(40,41)35-21-32-33(19-30(35)24-7-11-26(37)12-8-24)36(45(42,43)29-17-5-23(2)6-18-29)31(20-34(32)39)25-9-13-27(38)14-10-25/h3-18,30-33,35-36H,19-21H2,1-2H3/t30-,31-,32+,33-,35?,36?/m0/s1. The second-order valence-corrected chi connectivity index (χ2v) is 17.6. The maximum atomic E-state index is 14.7. The number of carbonyl (C=O) groups excluding carboxylic acids is 1. The Labute approximate surface area is 275 Å². The molecule has 234 valence electrons. The number of halogens is 2. The molecule has 0 N–H and O–H groups in total. The molecule has 0 aliphatic heterocycles. The van der Waals surface area contributed by atoms with Gasteiger partial charge in [0.15, 0.2) is 19.7 Å². The third kappa shape index (κ3) is 6.12. The van der Waals surface area contributed by atoms with Crippen LogP contribution in [0.1, 0.15) is 53.4 Å². The van der Waals surface area contributed by atoms with Crippen molar-refractivity contribution >= 4 is 48.7 Å². The molecule has 4 aromatic carbocycles. The number of hydrogen-bond donors (Lipinski definition) is 0. The minimum absolute atomic E-state index is 0.00146. The fourth-order valence-electron chi connectivity index (χ4n) is 7.37. The molecule has 2 saturated carbocycles. The SMILES string of the molecule is Cc1ccc(S(=O)(=O)C2C[C@H]3C(=O)C[C@@H](c4ccc(Cl)cc4)C(S(=O)(=O)c4ccc(C)cc4)[C@H]3C[C@H]2c2ccc(Cl)cc2)cc1. The summed E-state index contributed by atoms with van der Waals surface area (Å²) in [5.74, 6) is -2.61. The van der Waals surface area contributed by atoms with E-state index in [1.54, 1.807) is 84.9 Å². The lowest BCUT2D eigenvalue weighted by atomic mass is 9.62. The number of sulfone groups is 2. The van der Waals surface area contributed by atoms with Crippen LogP contribution in [-0.2, 0) is 24.5 Å². The van der Waals surface area contributed by atoms with Gasteiger partial charge in [-0.3, -0.25) is 4.79 Å². The van der Waals surface area contributed by atoms with Crippen LogP contribution >= 0.6 is 23.2 Å². The molecule has 6 atom stereocenters. The van der Waals surface area contributed by atoms with Crippen molar-refractivity contribution in [1.82, 2.24) is 0 Å². The summed E-state index contributed by atoms with van der Waals surface area (Å²) >= 11 is 12.4. The number of benzene rings is 4. The van der Waals surface area contributed by atoms with Gasteiger partial charge >= 0.3 is 0 Å². The zero-order valence-electron chi connectivity index (χ0n) is 24.9. The van der Waals surface area contributed by atoms with Crippen molar-refractivity contribution in [3.8, 4) is 0 Å². The zero-order valence-corrected chi connectivity index (χ0v) is 28.1. The molecule has 5 nitrogen and oxygen atoms in total. The number of ketones is 1. The Bertz CT molecular complexity index is 1920. The molecule has 9 heteroatoms. The molecule has 4 aromatic rings. The zero-order chi connectivity index (χ0) is 32.1. The van der Waals surface area contributed by atoms with Crippen LogP contribution in [0.15, 0.2) is 107 Å². The van der Waals surface area contributed by atoms with E-state index in [0.717, 1.165) is 22.3 Å². The van der Waals surface area contributed by atoms with Gasteiger partial charge in [-0.1, -0.05) is 82.9 Å². The van der Waals surface area contributed by atoms with Crippen molar-refractivity contribution in [2.24, 2.45) is 11.8 Å². The number of carbonyl (C=O) groups is 1. The Hall–Kier alpha value is -2.97. The highest BCUT2D eigenvalue weighted by Gasteiger charge is 2.56. The molecule has 2 aliphatic rings. The summed E-state index contributed by atoms with van der Waals surface area (Å²) in [4.78, 5) is 14.4. The van der Waals surface area contributed by atoms with Crippen molar-refractivity contribution in [3.05, 3.63) is 129 Å². The maximum Gasteiger partial charge on any atom is 0.182 e. The van der Waals surface area contributed by atoms with Crippen LogP contribution < -0.4 is 0 Å². The van der Waals surface area contributed by atoms with Crippen molar-refractivity contribution in [2.45, 2.75) is 65.2 Å². The first-order valence-electron chi connectivity index (χ1n) is 15.0. The van der Waals surface area contributed by atoms with Gasteiger partial charge in [-0.15, -0.1) is 0 Å². The van der Waals surface area contributed by atoms with E-state index in [0.29, 0.717) is 10.0 Å². The number of aryl methyl sites for hydroxylation is 2. The average Bonchev–Trinajstić information content (AvgIpc) is 3.01. The molecule has 2 fully saturated rings. The predicted molar refractivity (Wildman–Crippen MR) is 179 cm³/mol. The van der Waals surface area contributed by atoms with Gasteiger partial charge in [-0.2, -0.15) is 0 Å². The Morgan fingerprint density at radius 1 is 0.556 bits per heavy atom. The lowest BCUT2D eigenvalue weighted by molar-refractivity contribution is -0.128. The second kappa shape index (κ2) is 12.3. The van der Waals surface area contributed by atoms with E-state index in [-0.39, 0.29) is 34.8 Å². The van der Waals surface area contributed by atoms with Gasteiger partial charge in [0.25, 0.3) is 0 Å². The highest BCUT2D eigenvalue weighted by Crippen LogP contribution is 2.54. The number of fused-ring (bicyclic) bond motifs is 1. The topological polar surface area (TPSA) is 85.3 Å². The van der Waals surface area contributed by atoms with Crippen LogP contribution in [-0.4, -0.2) is 33.1 Å². The normalized spacial score (nSPS) is 25.5. The predicted octanol–water partition coefficient (Wildman–Crippen LogP) is 8.16. The molecule has 0 saturated heterocycles. The van der Waals surface area contributed by atoms with Gasteiger partial charge in [-0.05, 0) is 92.3 Å². The van der Waals surface area contributed by atoms with E-state index in [4.69, 9.17) is 23.2 Å². The molecular formula is C36H34Cl2O5S2. The van der Waals surface area contributed by atoms with E-state index in [1.807, 2.05) is 26.0 Å². The molecule has 0 radical (unpaired) electrons. The molecular weight excluding hydrogens is 647 g/mol.